The number of benzene rings is 2. The van der Waals surface area contributed by atoms with Crippen molar-refractivity contribution >= 4 is 0 Å². The van der Waals surface area contributed by atoms with E-state index in [-0.39, 0.29) is 5.56 Å². The lowest BCUT2D eigenvalue weighted by Gasteiger charge is -2.11. The van der Waals surface area contributed by atoms with Crippen LogP contribution in [0.1, 0.15) is 0 Å². The van der Waals surface area contributed by atoms with Gasteiger partial charge in [0.25, 0.3) is 5.56 Å². The first-order valence-electron chi connectivity index (χ1n) is 7.99. The molecule has 0 atom stereocenters. The van der Waals surface area contributed by atoms with E-state index in [1.165, 1.54) is 10.7 Å². The summed E-state index contributed by atoms with van der Waals surface area (Å²) in [5.74, 6) is 1.28. The van der Waals surface area contributed by atoms with E-state index in [1.807, 2.05) is 48.5 Å². The van der Waals surface area contributed by atoms with Crippen molar-refractivity contribution < 1.29 is 4.74 Å². The molecule has 0 saturated carbocycles. The second-order valence-electron chi connectivity index (χ2n) is 5.60. The first-order chi connectivity index (χ1) is 12.7. The highest BCUT2D eigenvalue weighted by molar-refractivity contribution is 5.59. The molecule has 0 aliphatic heterocycles. The minimum atomic E-state index is -0.304. The van der Waals surface area contributed by atoms with Crippen molar-refractivity contribution in [2.75, 3.05) is 0 Å². The summed E-state index contributed by atoms with van der Waals surface area (Å²) < 4.78 is 8.76. The first-order valence-corrected chi connectivity index (χ1v) is 7.99. The Kier molecular flexibility index (Phi) is 4.03. The third kappa shape index (κ3) is 3.10. The Hall–Kier alpha value is -3.74. The molecule has 2 heterocycles. The zero-order valence-electron chi connectivity index (χ0n) is 14.0. The maximum absolute atomic E-state index is 12.6. The van der Waals surface area contributed by atoms with E-state index < -0.39 is 0 Å². The molecule has 0 aliphatic rings. The molecule has 4 rings (SSSR count). The standard InChI is InChI=1S/C19H15N5O2/c1-23-13-20-19(22-23)18-16(26-15-10-6-3-7-11-15)12-17(25)24(21-18)14-8-4-2-5-9-14/h2-13H,1H3. The van der Waals surface area contributed by atoms with Gasteiger partial charge in [-0.05, 0) is 24.3 Å². The fraction of sp³-hybridized carbons (Fsp3) is 0.0526. The Balaban J connectivity index is 1.88. The van der Waals surface area contributed by atoms with Gasteiger partial charge in [0.2, 0.25) is 5.82 Å². The Morgan fingerprint density at radius 3 is 2.27 bits per heavy atom. The van der Waals surface area contributed by atoms with Crippen LogP contribution >= 0.6 is 0 Å². The lowest BCUT2D eigenvalue weighted by Crippen LogP contribution is -2.21. The van der Waals surface area contributed by atoms with E-state index in [1.54, 1.807) is 30.2 Å². The van der Waals surface area contributed by atoms with Crippen LogP contribution in [0.25, 0.3) is 17.2 Å². The summed E-state index contributed by atoms with van der Waals surface area (Å²) in [5.41, 5.74) is 0.737. The summed E-state index contributed by atoms with van der Waals surface area (Å²) >= 11 is 0. The van der Waals surface area contributed by atoms with Gasteiger partial charge in [0.1, 0.15) is 12.1 Å². The Bertz CT molecular complexity index is 1090. The molecule has 0 bridgehead atoms. The highest BCUT2D eigenvalue weighted by Crippen LogP contribution is 2.28. The molecule has 0 unspecified atom stereocenters. The molecule has 0 amide bonds. The molecule has 0 N–H and O–H groups in total. The van der Waals surface area contributed by atoms with Gasteiger partial charge in [-0.25, -0.2) is 4.98 Å². The molecule has 7 heteroatoms. The van der Waals surface area contributed by atoms with Crippen molar-refractivity contribution in [3.63, 3.8) is 0 Å². The van der Waals surface area contributed by atoms with Crippen LogP contribution < -0.4 is 10.3 Å². The van der Waals surface area contributed by atoms with E-state index in [2.05, 4.69) is 15.2 Å². The van der Waals surface area contributed by atoms with Crippen molar-refractivity contribution in [2.45, 2.75) is 0 Å². The summed E-state index contributed by atoms with van der Waals surface area (Å²) in [5, 5.41) is 8.76. The van der Waals surface area contributed by atoms with Crippen LogP contribution in [0, 0.1) is 0 Å². The largest absolute Gasteiger partial charge is 0.455 e. The van der Waals surface area contributed by atoms with E-state index in [9.17, 15) is 4.79 Å². The lowest BCUT2D eigenvalue weighted by atomic mass is 10.3. The van der Waals surface area contributed by atoms with Gasteiger partial charge in [0.05, 0.1) is 11.8 Å². The molecule has 0 aliphatic carbocycles. The van der Waals surface area contributed by atoms with Crippen LogP contribution in [-0.4, -0.2) is 24.5 Å². The molecule has 26 heavy (non-hydrogen) atoms. The van der Waals surface area contributed by atoms with E-state index in [4.69, 9.17) is 4.74 Å². The van der Waals surface area contributed by atoms with Crippen LogP contribution in [0.4, 0.5) is 0 Å². The van der Waals surface area contributed by atoms with Crippen molar-refractivity contribution in [3.8, 4) is 28.7 Å². The predicted octanol–water partition coefficient (Wildman–Crippen LogP) is 2.82. The highest BCUT2D eigenvalue weighted by Gasteiger charge is 2.17. The molecular weight excluding hydrogens is 330 g/mol. The molecule has 4 aromatic rings. The van der Waals surface area contributed by atoms with Gasteiger partial charge in [-0.15, -0.1) is 5.10 Å². The summed E-state index contributed by atoms with van der Waals surface area (Å²) in [4.78, 5) is 16.8. The molecule has 2 aromatic carbocycles. The molecular formula is C19H15N5O2. The highest BCUT2D eigenvalue weighted by atomic mass is 16.5. The van der Waals surface area contributed by atoms with Gasteiger partial charge < -0.3 is 4.74 Å². The second-order valence-corrected chi connectivity index (χ2v) is 5.60. The third-order valence-corrected chi connectivity index (χ3v) is 3.68. The fourth-order valence-corrected chi connectivity index (χ4v) is 2.49. The van der Waals surface area contributed by atoms with Crippen molar-refractivity contribution in [1.29, 1.82) is 0 Å². The second kappa shape index (κ2) is 6.64. The zero-order valence-corrected chi connectivity index (χ0v) is 14.0. The minimum Gasteiger partial charge on any atom is -0.455 e. The summed E-state index contributed by atoms with van der Waals surface area (Å²) in [7, 11) is 1.77. The number of para-hydroxylation sites is 2. The predicted molar refractivity (Wildman–Crippen MR) is 96.3 cm³/mol. The van der Waals surface area contributed by atoms with E-state index in [0.29, 0.717) is 28.7 Å². The molecule has 128 valence electrons. The number of nitrogens with zero attached hydrogens (tertiary/aromatic N) is 5. The van der Waals surface area contributed by atoms with Gasteiger partial charge in [-0.2, -0.15) is 9.78 Å². The zero-order chi connectivity index (χ0) is 17.9. The molecule has 0 saturated heterocycles. The van der Waals surface area contributed by atoms with Gasteiger partial charge in [0.15, 0.2) is 11.4 Å². The van der Waals surface area contributed by atoms with Crippen LogP contribution in [0.15, 0.2) is 77.9 Å². The van der Waals surface area contributed by atoms with E-state index in [0.717, 1.165) is 0 Å². The van der Waals surface area contributed by atoms with Crippen LogP contribution in [0.2, 0.25) is 0 Å². The lowest BCUT2D eigenvalue weighted by molar-refractivity contribution is 0.477. The van der Waals surface area contributed by atoms with Crippen LogP contribution in [0.5, 0.6) is 11.5 Å². The molecule has 0 fully saturated rings. The number of aromatic nitrogens is 5. The fourth-order valence-electron chi connectivity index (χ4n) is 2.49. The van der Waals surface area contributed by atoms with Gasteiger partial charge >= 0.3 is 0 Å². The minimum absolute atomic E-state index is 0.304. The number of aryl methyl sites for hydroxylation is 1. The van der Waals surface area contributed by atoms with E-state index >= 15 is 0 Å². The number of hydrogen-bond donors (Lipinski definition) is 0. The Labute approximate surface area is 149 Å². The third-order valence-electron chi connectivity index (χ3n) is 3.68. The van der Waals surface area contributed by atoms with Gasteiger partial charge in [-0.3, -0.25) is 9.48 Å². The van der Waals surface area contributed by atoms with Crippen molar-refractivity contribution in [3.05, 3.63) is 83.4 Å². The van der Waals surface area contributed by atoms with Crippen molar-refractivity contribution in [2.24, 2.45) is 7.05 Å². The topological polar surface area (TPSA) is 74.8 Å². The number of rotatable bonds is 4. The summed E-state index contributed by atoms with van der Waals surface area (Å²) in [6.07, 6.45) is 1.57. The molecule has 7 nitrogen and oxygen atoms in total. The smallest absolute Gasteiger partial charge is 0.275 e. The Morgan fingerprint density at radius 2 is 1.62 bits per heavy atom. The Morgan fingerprint density at radius 1 is 0.923 bits per heavy atom. The summed E-state index contributed by atoms with van der Waals surface area (Å²) in [6.45, 7) is 0. The quantitative estimate of drug-likeness (QED) is 0.568. The maximum Gasteiger partial charge on any atom is 0.275 e. The molecule has 0 spiro atoms. The van der Waals surface area contributed by atoms with Crippen LogP contribution in [0.3, 0.4) is 0 Å². The SMILES string of the molecule is Cn1cnc(-c2nn(-c3ccccc3)c(=O)cc2Oc2ccccc2)n1. The van der Waals surface area contributed by atoms with Crippen molar-refractivity contribution in [1.82, 2.24) is 24.5 Å². The van der Waals surface area contributed by atoms with Gasteiger partial charge in [-0.1, -0.05) is 36.4 Å². The number of ether oxygens (including phenoxy) is 1. The monoisotopic (exact) mass is 345 g/mol. The maximum atomic E-state index is 12.6. The normalized spacial score (nSPS) is 10.7. The molecule has 2 aromatic heterocycles. The number of hydrogen-bond acceptors (Lipinski definition) is 5. The van der Waals surface area contributed by atoms with Crippen LogP contribution in [-0.2, 0) is 7.05 Å². The average Bonchev–Trinajstić information content (AvgIpc) is 3.10. The van der Waals surface area contributed by atoms with Gasteiger partial charge in [0, 0.05) is 7.05 Å². The molecule has 0 radical (unpaired) electrons. The first kappa shape index (κ1) is 15.8. The summed E-state index contributed by atoms with van der Waals surface area (Å²) in [6, 6.07) is 19.8. The average molecular weight is 345 g/mol.